The van der Waals surface area contributed by atoms with Gasteiger partial charge in [0.25, 0.3) is 5.82 Å². The molecular formula is C19H17FN6O. The molecule has 0 saturated carbocycles. The monoisotopic (exact) mass is 364 g/mol. The highest BCUT2D eigenvalue weighted by atomic mass is 19.1. The molecule has 3 aromatic rings. The lowest BCUT2D eigenvalue weighted by molar-refractivity contribution is 0.0987. The Morgan fingerprint density at radius 3 is 2.89 bits per heavy atom. The Balaban J connectivity index is 1.73. The Bertz CT molecular complexity index is 1040. The average molecular weight is 364 g/mol. The number of aromatic nitrogens is 3. The zero-order valence-electron chi connectivity index (χ0n) is 14.6. The van der Waals surface area contributed by atoms with Gasteiger partial charge in [0.05, 0.1) is 12.7 Å². The highest BCUT2D eigenvalue weighted by molar-refractivity contribution is 5.96. The van der Waals surface area contributed by atoms with Crippen LogP contribution in [0.15, 0.2) is 42.6 Å². The molecular weight excluding hydrogens is 347 g/mol. The minimum absolute atomic E-state index is 0.0662. The number of carbonyl (C=O) groups is 1. The van der Waals surface area contributed by atoms with E-state index in [0.717, 1.165) is 0 Å². The standard InChI is InChI=1S/C19H17FN6O/c1-22-18-10-16(25-26(18)2)17(27)9-12-5-6-14(20)13(8-12)11-24-15-4-3-7-23-19(15)21/h3-8,10,24H,9,11H2,2H3,(H2,21,23). The second-order valence-electron chi connectivity index (χ2n) is 5.94. The van der Waals surface area contributed by atoms with Crippen molar-refractivity contribution in [2.24, 2.45) is 7.05 Å². The molecule has 0 aliphatic carbocycles. The van der Waals surface area contributed by atoms with Crippen LogP contribution in [-0.4, -0.2) is 20.5 Å². The smallest absolute Gasteiger partial charge is 0.252 e. The van der Waals surface area contributed by atoms with Crippen LogP contribution < -0.4 is 11.1 Å². The number of pyridine rings is 1. The minimum atomic E-state index is -0.380. The molecule has 0 unspecified atom stereocenters. The van der Waals surface area contributed by atoms with Gasteiger partial charge in [0.2, 0.25) is 0 Å². The second-order valence-corrected chi connectivity index (χ2v) is 5.94. The summed E-state index contributed by atoms with van der Waals surface area (Å²) in [5.41, 5.74) is 7.66. The summed E-state index contributed by atoms with van der Waals surface area (Å²) in [6.45, 7) is 7.24. The molecule has 2 heterocycles. The Morgan fingerprint density at radius 2 is 2.19 bits per heavy atom. The van der Waals surface area contributed by atoms with E-state index >= 15 is 0 Å². The highest BCUT2D eigenvalue weighted by Gasteiger charge is 2.15. The number of halogens is 1. The number of nitrogens with one attached hydrogen (secondary N) is 1. The Morgan fingerprint density at radius 1 is 1.37 bits per heavy atom. The van der Waals surface area contributed by atoms with E-state index in [2.05, 4.69) is 20.2 Å². The van der Waals surface area contributed by atoms with Crippen molar-refractivity contribution in [3.63, 3.8) is 0 Å². The number of carbonyl (C=O) groups excluding carboxylic acids is 1. The maximum Gasteiger partial charge on any atom is 0.252 e. The number of benzene rings is 1. The highest BCUT2D eigenvalue weighted by Crippen LogP contribution is 2.19. The van der Waals surface area contributed by atoms with Crippen LogP contribution in [0.25, 0.3) is 4.85 Å². The molecule has 0 bridgehead atoms. The van der Waals surface area contributed by atoms with Crippen molar-refractivity contribution in [1.29, 1.82) is 0 Å². The van der Waals surface area contributed by atoms with Crippen molar-refractivity contribution in [2.75, 3.05) is 11.1 Å². The topological polar surface area (TPSA) is 90.2 Å². The zero-order chi connectivity index (χ0) is 19.4. The molecule has 1 aromatic carbocycles. The van der Waals surface area contributed by atoms with E-state index in [1.54, 1.807) is 37.5 Å². The van der Waals surface area contributed by atoms with Crippen LogP contribution in [-0.2, 0) is 20.0 Å². The van der Waals surface area contributed by atoms with Gasteiger partial charge in [0.1, 0.15) is 17.3 Å². The molecule has 0 aliphatic rings. The van der Waals surface area contributed by atoms with Crippen LogP contribution in [0, 0.1) is 12.4 Å². The Kier molecular flexibility index (Phi) is 5.13. The van der Waals surface area contributed by atoms with Crippen molar-refractivity contribution in [3.05, 3.63) is 76.7 Å². The van der Waals surface area contributed by atoms with Crippen LogP contribution in [0.5, 0.6) is 0 Å². The molecule has 136 valence electrons. The molecule has 2 aromatic heterocycles. The molecule has 3 N–H and O–H groups in total. The summed E-state index contributed by atoms with van der Waals surface area (Å²) >= 11 is 0. The number of nitrogen functional groups attached to an aromatic ring is 1. The van der Waals surface area contributed by atoms with Crippen molar-refractivity contribution < 1.29 is 9.18 Å². The van der Waals surface area contributed by atoms with E-state index in [1.165, 1.54) is 16.8 Å². The number of anilines is 2. The van der Waals surface area contributed by atoms with Crippen LogP contribution in [0.1, 0.15) is 21.6 Å². The van der Waals surface area contributed by atoms with Gasteiger partial charge >= 0.3 is 0 Å². The minimum Gasteiger partial charge on any atom is -0.382 e. The summed E-state index contributed by atoms with van der Waals surface area (Å²) in [6.07, 6.45) is 1.64. The van der Waals surface area contributed by atoms with Crippen molar-refractivity contribution in [1.82, 2.24) is 14.8 Å². The molecule has 27 heavy (non-hydrogen) atoms. The van der Waals surface area contributed by atoms with Gasteiger partial charge in [0, 0.05) is 24.7 Å². The maximum absolute atomic E-state index is 14.1. The van der Waals surface area contributed by atoms with Crippen molar-refractivity contribution in [2.45, 2.75) is 13.0 Å². The van der Waals surface area contributed by atoms with E-state index in [9.17, 15) is 9.18 Å². The number of rotatable bonds is 6. The summed E-state index contributed by atoms with van der Waals surface area (Å²) < 4.78 is 15.5. The number of ketones is 1. The van der Waals surface area contributed by atoms with Crippen LogP contribution >= 0.6 is 0 Å². The number of hydrogen-bond donors (Lipinski definition) is 2. The van der Waals surface area contributed by atoms with Gasteiger partial charge in [-0.2, -0.15) is 0 Å². The zero-order valence-corrected chi connectivity index (χ0v) is 14.6. The van der Waals surface area contributed by atoms with Gasteiger partial charge in [-0.1, -0.05) is 23.8 Å². The third kappa shape index (κ3) is 4.10. The van der Waals surface area contributed by atoms with Gasteiger partial charge in [-0.25, -0.2) is 14.1 Å². The van der Waals surface area contributed by atoms with Crippen LogP contribution in [0.2, 0.25) is 0 Å². The van der Waals surface area contributed by atoms with E-state index in [1.807, 2.05) is 0 Å². The molecule has 0 amide bonds. The number of Topliss-reactive ketones (excluding diaryl/α,β-unsaturated/α-hetero) is 1. The molecule has 0 atom stereocenters. The SMILES string of the molecule is [C-]#[N+]c1cc(C(=O)Cc2ccc(F)c(CNc3cccnc3N)c2)nn1C. The molecule has 3 rings (SSSR count). The van der Waals surface area contributed by atoms with Crippen molar-refractivity contribution in [3.8, 4) is 0 Å². The van der Waals surface area contributed by atoms with E-state index in [0.29, 0.717) is 22.6 Å². The number of nitrogens with two attached hydrogens (primary N) is 1. The normalized spacial score (nSPS) is 10.4. The largest absolute Gasteiger partial charge is 0.382 e. The first kappa shape index (κ1) is 18.1. The summed E-state index contributed by atoms with van der Waals surface area (Å²) in [4.78, 5) is 19.7. The van der Waals surface area contributed by atoms with Gasteiger partial charge < -0.3 is 15.9 Å². The lowest BCUT2D eigenvalue weighted by atomic mass is 10.0. The van der Waals surface area contributed by atoms with E-state index < -0.39 is 0 Å². The van der Waals surface area contributed by atoms with Crippen molar-refractivity contribution >= 4 is 23.1 Å². The Hall–Kier alpha value is -3.73. The van der Waals surface area contributed by atoms with Gasteiger partial charge in [-0.3, -0.25) is 4.79 Å². The third-order valence-corrected chi connectivity index (χ3v) is 4.04. The molecule has 0 aliphatic heterocycles. The quantitative estimate of drug-likeness (QED) is 0.518. The van der Waals surface area contributed by atoms with E-state index in [4.69, 9.17) is 12.3 Å². The molecule has 7 nitrogen and oxygen atoms in total. The first-order valence-corrected chi connectivity index (χ1v) is 8.14. The van der Waals surface area contributed by atoms with E-state index in [-0.39, 0.29) is 36.1 Å². The second kappa shape index (κ2) is 7.66. The van der Waals surface area contributed by atoms with Gasteiger partial charge in [-0.05, 0) is 29.8 Å². The fraction of sp³-hybridized carbons (Fsp3) is 0.158. The molecule has 8 heteroatoms. The first-order chi connectivity index (χ1) is 13.0. The average Bonchev–Trinajstić information content (AvgIpc) is 3.04. The molecule has 0 fully saturated rings. The fourth-order valence-electron chi connectivity index (χ4n) is 2.61. The number of nitrogens with zero attached hydrogens (tertiary/aromatic N) is 4. The maximum atomic E-state index is 14.1. The lowest BCUT2D eigenvalue weighted by Gasteiger charge is -2.10. The summed E-state index contributed by atoms with van der Waals surface area (Å²) in [6, 6.07) is 9.46. The number of hydrogen-bond acceptors (Lipinski definition) is 5. The predicted molar refractivity (Wildman–Crippen MR) is 99.9 cm³/mol. The lowest BCUT2D eigenvalue weighted by Crippen LogP contribution is -2.08. The summed E-state index contributed by atoms with van der Waals surface area (Å²) in [5.74, 6) is 0.00298. The third-order valence-electron chi connectivity index (χ3n) is 4.04. The van der Waals surface area contributed by atoms with Gasteiger partial charge in [-0.15, -0.1) is 0 Å². The first-order valence-electron chi connectivity index (χ1n) is 8.14. The number of aryl methyl sites for hydroxylation is 1. The molecule has 0 saturated heterocycles. The van der Waals surface area contributed by atoms with Crippen LogP contribution in [0.4, 0.5) is 21.7 Å². The molecule has 0 spiro atoms. The Labute approximate surface area is 155 Å². The van der Waals surface area contributed by atoms with Crippen LogP contribution in [0.3, 0.4) is 0 Å². The predicted octanol–water partition coefficient (Wildman–Crippen LogP) is 3.12. The fourth-order valence-corrected chi connectivity index (χ4v) is 2.61. The summed E-state index contributed by atoms with van der Waals surface area (Å²) in [7, 11) is 1.61. The molecule has 0 radical (unpaired) electrons. The van der Waals surface area contributed by atoms with Gasteiger partial charge in [0.15, 0.2) is 5.78 Å². The summed E-state index contributed by atoms with van der Waals surface area (Å²) in [5, 5.41) is 7.09.